The Balaban J connectivity index is 1.29. The molecule has 1 amide bonds. The van der Waals surface area contributed by atoms with Gasteiger partial charge >= 0.3 is 0 Å². The zero-order valence-corrected chi connectivity index (χ0v) is 21.6. The summed E-state index contributed by atoms with van der Waals surface area (Å²) in [6.07, 6.45) is 7.53. The summed E-state index contributed by atoms with van der Waals surface area (Å²) < 4.78 is 19.3. The van der Waals surface area contributed by atoms with Crippen LogP contribution in [0.4, 0.5) is 4.39 Å². The third-order valence-electron chi connectivity index (χ3n) is 7.32. The summed E-state index contributed by atoms with van der Waals surface area (Å²) in [5.74, 6) is 1.40. The summed E-state index contributed by atoms with van der Waals surface area (Å²) in [5.41, 5.74) is 5.26. The number of hydrogen-bond donors (Lipinski definition) is 1. The molecule has 3 aromatic rings. The van der Waals surface area contributed by atoms with Crippen LogP contribution < -0.4 is 10.1 Å². The molecule has 0 radical (unpaired) electrons. The van der Waals surface area contributed by atoms with Gasteiger partial charge in [-0.3, -0.25) is 9.69 Å². The second-order valence-corrected chi connectivity index (χ2v) is 10.5. The average Bonchev–Trinajstić information content (AvgIpc) is 3.71. The van der Waals surface area contributed by atoms with Crippen molar-refractivity contribution in [3.63, 3.8) is 0 Å². The largest absolute Gasteiger partial charge is 0.493 e. The lowest BCUT2D eigenvalue weighted by Crippen LogP contribution is -2.27. The Kier molecular flexibility index (Phi) is 8.52. The fourth-order valence-electron chi connectivity index (χ4n) is 5.09. The minimum Gasteiger partial charge on any atom is -0.493 e. The topological polar surface area (TPSA) is 41.6 Å². The van der Waals surface area contributed by atoms with Crippen LogP contribution in [0.1, 0.15) is 64.7 Å². The summed E-state index contributed by atoms with van der Waals surface area (Å²) >= 11 is 0. The molecule has 4 nitrogen and oxygen atoms in total. The number of amides is 1. The SMILES string of the molecule is O=C(NCCc1ccc(F)cc1)c1ccc2c(c1)Cc1cccc(c1)CN(CC1CC1)CCCCCO2. The summed E-state index contributed by atoms with van der Waals surface area (Å²) in [5, 5.41) is 3.00. The van der Waals surface area contributed by atoms with E-state index in [4.69, 9.17) is 4.74 Å². The molecule has 1 fully saturated rings. The molecule has 1 N–H and O–H groups in total. The first-order valence-electron chi connectivity index (χ1n) is 13.7. The average molecular weight is 501 g/mol. The molecule has 5 heteroatoms. The van der Waals surface area contributed by atoms with Crippen molar-refractivity contribution in [2.24, 2.45) is 5.92 Å². The molecule has 1 aliphatic heterocycles. The van der Waals surface area contributed by atoms with Crippen molar-refractivity contribution in [2.75, 3.05) is 26.2 Å². The normalized spacial score (nSPS) is 16.8. The van der Waals surface area contributed by atoms with Crippen molar-refractivity contribution in [3.05, 3.63) is 100 Å². The van der Waals surface area contributed by atoms with Gasteiger partial charge in [0.25, 0.3) is 5.91 Å². The summed E-state index contributed by atoms with van der Waals surface area (Å²) in [6, 6.07) is 21.0. The lowest BCUT2D eigenvalue weighted by Gasteiger charge is -2.23. The molecule has 0 atom stereocenters. The number of hydrogen-bond acceptors (Lipinski definition) is 3. The van der Waals surface area contributed by atoms with Gasteiger partial charge in [-0.25, -0.2) is 4.39 Å². The van der Waals surface area contributed by atoms with Gasteiger partial charge in [0.1, 0.15) is 11.6 Å². The predicted octanol–water partition coefficient (Wildman–Crippen LogP) is 6.16. The van der Waals surface area contributed by atoms with Crippen molar-refractivity contribution >= 4 is 5.91 Å². The molecule has 5 rings (SSSR count). The second-order valence-electron chi connectivity index (χ2n) is 10.5. The van der Waals surface area contributed by atoms with Gasteiger partial charge in [0.15, 0.2) is 0 Å². The molecule has 194 valence electrons. The van der Waals surface area contributed by atoms with E-state index in [1.807, 2.05) is 18.2 Å². The van der Waals surface area contributed by atoms with Crippen molar-refractivity contribution < 1.29 is 13.9 Å². The van der Waals surface area contributed by atoms with Gasteiger partial charge in [-0.05, 0) is 104 Å². The summed E-state index contributed by atoms with van der Waals surface area (Å²) in [7, 11) is 0. The third-order valence-corrected chi connectivity index (χ3v) is 7.32. The second kappa shape index (κ2) is 12.4. The fraction of sp³-hybridized carbons (Fsp3) is 0.406. The monoisotopic (exact) mass is 500 g/mol. The molecule has 0 saturated heterocycles. The Morgan fingerprint density at radius 1 is 0.973 bits per heavy atom. The molecule has 3 aromatic carbocycles. The molecule has 0 unspecified atom stereocenters. The standard InChI is InChI=1S/C32H37FN2O2/c33-30-12-9-24(10-13-30)15-16-34-32(36)28-11-14-31-29(21-28)20-26-5-4-6-27(19-26)23-35(22-25-7-8-25)17-2-1-3-18-37-31/h4-6,9-14,19,21,25H,1-3,7-8,15-18,20,22-23H2,(H,34,36). The van der Waals surface area contributed by atoms with Crippen LogP contribution in [0.15, 0.2) is 66.7 Å². The van der Waals surface area contributed by atoms with Gasteiger partial charge in [0.05, 0.1) is 6.61 Å². The number of nitrogens with one attached hydrogen (secondary N) is 1. The van der Waals surface area contributed by atoms with Crippen LogP contribution in [0.2, 0.25) is 0 Å². The number of ether oxygens (including phenoxy) is 1. The zero-order chi connectivity index (χ0) is 25.5. The van der Waals surface area contributed by atoms with Gasteiger partial charge in [0.2, 0.25) is 0 Å². The lowest BCUT2D eigenvalue weighted by molar-refractivity contribution is 0.0954. The Labute approximate surface area is 219 Å². The molecule has 0 aromatic heterocycles. The van der Waals surface area contributed by atoms with Crippen molar-refractivity contribution in [1.82, 2.24) is 10.2 Å². The van der Waals surface area contributed by atoms with E-state index in [0.717, 1.165) is 55.1 Å². The van der Waals surface area contributed by atoms with E-state index in [2.05, 4.69) is 34.5 Å². The summed E-state index contributed by atoms with van der Waals surface area (Å²) in [6.45, 7) is 4.56. The zero-order valence-electron chi connectivity index (χ0n) is 21.6. The minimum absolute atomic E-state index is 0.103. The first-order valence-corrected chi connectivity index (χ1v) is 13.7. The molecule has 2 bridgehead atoms. The highest BCUT2D eigenvalue weighted by Crippen LogP contribution is 2.31. The van der Waals surface area contributed by atoms with Gasteiger partial charge in [-0.2, -0.15) is 0 Å². The maximum Gasteiger partial charge on any atom is 0.251 e. The number of fused-ring (bicyclic) bond motifs is 3. The quantitative estimate of drug-likeness (QED) is 0.441. The molecule has 0 spiro atoms. The van der Waals surface area contributed by atoms with Crippen LogP contribution in [-0.2, 0) is 19.4 Å². The Bertz CT molecular complexity index is 1190. The molecular weight excluding hydrogens is 463 g/mol. The van der Waals surface area contributed by atoms with Gasteiger partial charge in [-0.1, -0.05) is 36.4 Å². The number of carbonyl (C=O) groups excluding carboxylic acids is 1. The third kappa shape index (κ3) is 7.65. The van der Waals surface area contributed by atoms with Crippen LogP contribution in [0.3, 0.4) is 0 Å². The molecule has 1 aliphatic carbocycles. The van der Waals surface area contributed by atoms with E-state index in [-0.39, 0.29) is 11.7 Å². The van der Waals surface area contributed by atoms with Crippen LogP contribution >= 0.6 is 0 Å². The van der Waals surface area contributed by atoms with Crippen molar-refractivity contribution in [3.8, 4) is 5.75 Å². The Morgan fingerprint density at radius 3 is 2.65 bits per heavy atom. The fourth-order valence-corrected chi connectivity index (χ4v) is 5.09. The Morgan fingerprint density at radius 2 is 1.81 bits per heavy atom. The maximum absolute atomic E-state index is 13.1. The van der Waals surface area contributed by atoms with Crippen molar-refractivity contribution in [1.29, 1.82) is 0 Å². The van der Waals surface area contributed by atoms with E-state index < -0.39 is 0 Å². The predicted molar refractivity (Wildman–Crippen MR) is 145 cm³/mol. The van der Waals surface area contributed by atoms with Crippen LogP contribution in [0.5, 0.6) is 5.75 Å². The molecule has 1 heterocycles. The first kappa shape index (κ1) is 25.5. The number of carbonyl (C=O) groups is 1. The highest BCUT2D eigenvalue weighted by molar-refractivity contribution is 5.94. The van der Waals surface area contributed by atoms with Gasteiger partial charge in [0, 0.05) is 31.6 Å². The summed E-state index contributed by atoms with van der Waals surface area (Å²) in [4.78, 5) is 15.6. The van der Waals surface area contributed by atoms with E-state index in [1.165, 1.54) is 49.1 Å². The highest BCUT2D eigenvalue weighted by Gasteiger charge is 2.24. The van der Waals surface area contributed by atoms with E-state index in [0.29, 0.717) is 25.1 Å². The van der Waals surface area contributed by atoms with Crippen LogP contribution in [0, 0.1) is 11.7 Å². The lowest BCUT2D eigenvalue weighted by atomic mass is 9.99. The van der Waals surface area contributed by atoms with Crippen LogP contribution in [0.25, 0.3) is 0 Å². The number of nitrogens with zero attached hydrogens (tertiary/aromatic N) is 1. The van der Waals surface area contributed by atoms with Crippen LogP contribution in [-0.4, -0.2) is 37.0 Å². The molecule has 1 saturated carbocycles. The van der Waals surface area contributed by atoms with E-state index in [1.54, 1.807) is 12.1 Å². The molecular formula is C32H37FN2O2. The smallest absolute Gasteiger partial charge is 0.251 e. The molecule has 37 heavy (non-hydrogen) atoms. The number of halogens is 1. The van der Waals surface area contributed by atoms with E-state index >= 15 is 0 Å². The minimum atomic E-state index is -0.249. The Hall–Kier alpha value is -3.18. The van der Waals surface area contributed by atoms with Gasteiger partial charge in [-0.15, -0.1) is 0 Å². The first-order chi connectivity index (χ1) is 18.1. The number of rotatable bonds is 6. The highest BCUT2D eigenvalue weighted by atomic mass is 19.1. The van der Waals surface area contributed by atoms with Crippen molar-refractivity contribution in [2.45, 2.75) is 51.5 Å². The van der Waals surface area contributed by atoms with Gasteiger partial charge < -0.3 is 10.1 Å². The number of benzene rings is 3. The van der Waals surface area contributed by atoms with E-state index in [9.17, 15) is 9.18 Å². The molecule has 2 aliphatic rings. The maximum atomic E-state index is 13.1.